The lowest BCUT2D eigenvalue weighted by molar-refractivity contribution is 0.0322. The van der Waals surface area contributed by atoms with E-state index in [4.69, 9.17) is 4.42 Å². The van der Waals surface area contributed by atoms with E-state index in [9.17, 15) is 9.90 Å². The maximum absolute atomic E-state index is 12.2. The van der Waals surface area contributed by atoms with Crippen LogP contribution in [0.15, 0.2) is 53.1 Å². The quantitative estimate of drug-likeness (QED) is 0.714. The molecule has 2 aromatic heterocycles. The van der Waals surface area contributed by atoms with Gasteiger partial charge in [0.1, 0.15) is 17.1 Å². The van der Waals surface area contributed by atoms with Crippen molar-refractivity contribution >= 4 is 5.91 Å². The van der Waals surface area contributed by atoms with Gasteiger partial charge in [0.15, 0.2) is 5.69 Å². The van der Waals surface area contributed by atoms with Crippen LogP contribution >= 0.6 is 0 Å². The van der Waals surface area contributed by atoms with Gasteiger partial charge < -0.3 is 14.8 Å². The van der Waals surface area contributed by atoms with E-state index in [0.29, 0.717) is 18.1 Å². The van der Waals surface area contributed by atoms with Crippen molar-refractivity contribution in [3.05, 3.63) is 71.4 Å². The molecule has 0 aliphatic carbocycles. The molecule has 0 fully saturated rings. The van der Waals surface area contributed by atoms with Crippen molar-refractivity contribution in [2.45, 2.75) is 26.0 Å². The number of carbonyl (C=O) groups excluding carboxylic acids is 1. The molecule has 1 aromatic carbocycles. The maximum atomic E-state index is 12.2. The molecule has 0 bridgehead atoms. The van der Waals surface area contributed by atoms with Gasteiger partial charge in [-0.3, -0.25) is 4.79 Å². The lowest BCUT2D eigenvalue weighted by atomic mass is 10.0. The Hall–Kier alpha value is -2.93. The van der Waals surface area contributed by atoms with Crippen molar-refractivity contribution in [3.63, 3.8) is 0 Å². The van der Waals surface area contributed by atoms with E-state index in [2.05, 4.69) is 15.6 Å². The Kier molecular flexibility index (Phi) is 4.67. The minimum Gasteiger partial charge on any atom is -0.463 e. The van der Waals surface area contributed by atoms with Gasteiger partial charge in [0.2, 0.25) is 0 Å². The lowest BCUT2D eigenvalue weighted by Gasteiger charge is -2.20. The molecule has 0 saturated carbocycles. The number of rotatable bonds is 6. The maximum Gasteiger partial charge on any atom is 0.273 e. The fraction of sp³-hybridized carbons (Fsp3) is 0.278. The molecular weight excluding hydrogens is 320 g/mol. The number of aromatic nitrogens is 3. The summed E-state index contributed by atoms with van der Waals surface area (Å²) in [5, 5.41) is 21.0. The molecule has 2 heterocycles. The van der Waals surface area contributed by atoms with Crippen molar-refractivity contribution in [1.29, 1.82) is 0 Å². The van der Waals surface area contributed by atoms with Gasteiger partial charge in [-0.1, -0.05) is 35.5 Å². The highest BCUT2D eigenvalue weighted by atomic mass is 16.4. The van der Waals surface area contributed by atoms with E-state index in [1.54, 1.807) is 36.9 Å². The van der Waals surface area contributed by atoms with Crippen LogP contribution in [0.4, 0.5) is 0 Å². The molecule has 1 amide bonds. The molecule has 7 heteroatoms. The summed E-state index contributed by atoms with van der Waals surface area (Å²) >= 11 is 0. The zero-order chi connectivity index (χ0) is 17.9. The minimum absolute atomic E-state index is 0.00430. The number of hydrogen-bond acceptors (Lipinski definition) is 5. The van der Waals surface area contributed by atoms with E-state index in [-0.39, 0.29) is 12.2 Å². The Morgan fingerprint density at radius 1 is 1.28 bits per heavy atom. The first-order valence-electron chi connectivity index (χ1n) is 7.95. The SMILES string of the molecule is Cc1ccc(C(C)(O)CNC(=O)c2cn(Cc3ccccc3)nn2)o1. The molecule has 1 unspecified atom stereocenters. The topological polar surface area (TPSA) is 93.2 Å². The number of amides is 1. The van der Waals surface area contributed by atoms with Crippen LogP contribution in [0, 0.1) is 6.92 Å². The second-order valence-corrected chi connectivity index (χ2v) is 6.15. The largest absolute Gasteiger partial charge is 0.463 e. The average molecular weight is 340 g/mol. The van der Waals surface area contributed by atoms with Crippen molar-refractivity contribution in [1.82, 2.24) is 20.3 Å². The first-order valence-corrected chi connectivity index (χ1v) is 7.95. The first kappa shape index (κ1) is 16.9. The van der Waals surface area contributed by atoms with E-state index >= 15 is 0 Å². The van der Waals surface area contributed by atoms with Gasteiger partial charge in [0.25, 0.3) is 5.91 Å². The number of nitrogens with one attached hydrogen (secondary N) is 1. The number of furan rings is 1. The zero-order valence-corrected chi connectivity index (χ0v) is 14.1. The van der Waals surface area contributed by atoms with Crippen LogP contribution in [-0.4, -0.2) is 32.6 Å². The third-order valence-electron chi connectivity index (χ3n) is 3.82. The number of aliphatic hydroxyl groups is 1. The second-order valence-electron chi connectivity index (χ2n) is 6.15. The molecule has 0 saturated heterocycles. The van der Waals surface area contributed by atoms with Gasteiger partial charge in [-0.2, -0.15) is 0 Å². The molecule has 0 radical (unpaired) electrons. The summed E-state index contributed by atoms with van der Waals surface area (Å²) in [5.41, 5.74) is -0.0397. The summed E-state index contributed by atoms with van der Waals surface area (Å²) in [5.74, 6) is 0.700. The van der Waals surface area contributed by atoms with Gasteiger partial charge in [-0.15, -0.1) is 5.10 Å². The summed E-state index contributed by atoms with van der Waals surface area (Å²) in [4.78, 5) is 12.2. The molecule has 0 aliphatic rings. The summed E-state index contributed by atoms with van der Waals surface area (Å²) in [6.07, 6.45) is 1.58. The van der Waals surface area contributed by atoms with Crippen molar-refractivity contribution in [3.8, 4) is 0 Å². The third-order valence-corrected chi connectivity index (χ3v) is 3.82. The Morgan fingerprint density at radius 2 is 2.04 bits per heavy atom. The highest BCUT2D eigenvalue weighted by Gasteiger charge is 2.28. The fourth-order valence-electron chi connectivity index (χ4n) is 2.40. The molecular formula is C18H20N4O3. The summed E-state index contributed by atoms with van der Waals surface area (Å²) in [6, 6.07) is 13.2. The monoisotopic (exact) mass is 340 g/mol. The van der Waals surface area contributed by atoms with E-state index in [1.807, 2.05) is 30.3 Å². The number of hydrogen-bond donors (Lipinski definition) is 2. The van der Waals surface area contributed by atoms with Crippen LogP contribution < -0.4 is 5.32 Å². The Labute approximate surface area is 145 Å². The number of benzene rings is 1. The predicted octanol–water partition coefficient (Wildman–Crippen LogP) is 1.87. The van der Waals surface area contributed by atoms with Crippen molar-refractivity contribution in [2.75, 3.05) is 6.54 Å². The summed E-state index contributed by atoms with van der Waals surface area (Å²) in [7, 11) is 0. The summed E-state index contributed by atoms with van der Waals surface area (Å²) in [6.45, 7) is 3.91. The van der Waals surface area contributed by atoms with Crippen LogP contribution in [0.2, 0.25) is 0 Å². The third kappa shape index (κ3) is 4.13. The van der Waals surface area contributed by atoms with Crippen LogP contribution in [0.25, 0.3) is 0 Å². The molecule has 25 heavy (non-hydrogen) atoms. The molecule has 3 rings (SSSR count). The normalized spacial score (nSPS) is 13.4. The van der Waals surface area contributed by atoms with E-state index < -0.39 is 11.5 Å². The van der Waals surface area contributed by atoms with E-state index in [0.717, 1.165) is 5.56 Å². The molecule has 1 atom stereocenters. The average Bonchev–Trinajstić information content (AvgIpc) is 3.23. The Bertz CT molecular complexity index is 852. The zero-order valence-electron chi connectivity index (χ0n) is 14.1. The highest BCUT2D eigenvalue weighted by Crippen LogP contribution is 2.22. The number of aryl methyl sites for hydroxylation is 1. The van der Waals surface area contributed by atoms with Gasteiger partial charge in [-0.05, 0) is 31.5 Å². The number of nitrogens with zero attached hydrogens (tertiary/aromatic N) is 3. The molecule has 2 N–H and O–H groups in total. The minimum atomic E-state index is -1.30. The van der Waals surface area contributed by atoms with Crippen LogP contribution in [-0.2, 0) is 12.1 Å². The smallest absolute Gasteiger partial charge is 0.273 e. The molecule has 7 nitrogen and oxygen atoms in total. The highest BCUT2D eigenvalue weighted by molar-refractivity contribution is 5.91. The van der Waals surface area contributed by atoms with Gasteiger partial charge in [0, 0.05) is 0 Å². The molecule has 0 spiro atoms. The molecule has 0 aliphatic heterocycles. The van der Waals surface area contributed by atoms with Gasteiger partial charge >= 0.3 is 0 Å². The van der Waals surface area contributed by atoms with Crippen LogP contribution in [0.5, 0.6) is 0 Å². The number of carbonyl (C=O) groups is 1. The standard InChI is InChI=1S/C18H20N4O3/c1-13-8-9-16(25-13)18(2,24)12-19-17(23)15-11-22(21-20-15)10-14-6-4-3-5-7-14/h3-9,11,24H,10,12H2,1-2H3,(H,19,23). The molecule has 3 aromatic rings. The Morgan fingerprint density at radius 3 is 2.72 bits per heavy atom. The summed E-state index contributed by atoms with van der Waals surface area (Å²) < 4.78 is 7.02. The first-order chi connectivity index (χ1) is 11.9. The molecule has 130 valence electrons. The van der Waals surface area contributed by atoms with Crippen molar-refractivity contribution in [2.24, 2.45) is 0 Å². The lowest BCUT2D eigenvalue weighted by Crippen LogP contribution is -2.38. The Balaban J connectivity index is 1.60. The van der Waals surface area contributed by atoms with Crippen LogP contribution in [0.3, 0.4) is 0 Å². The van der Waals surface area contributed by atoms with E-state index in [1.165, 1.54) is 0 Å². The predicted molar refractivity (Wildman–Crippen MR) is 90.9 cm³/mol. The fourth-order valence-corrected chi connectivity index (χ4v) is 2.40. The van der Waals surface area contributed by atoms with Gasteiger partial charge in [0.05, 0.1) is 19.3 Å². The second kappa shape index (κ2) is 6.90. The van der Waals surface area contributed by atoms with Crippen LogP contribution in [0.1, 0.15) is 34.5 Å². The van der Waals surface area contributed by atoms with Gasteiger partial charge in [-0.25, -0.2) is 4.68 Å². The van der Waals surface area contributed by atoms with Crippen molar-refractivity contribution < 1.29 is 14.3 Å².